The van der Waals surface area contributed by atoms with Crippen molar-refractivity contribution in [2.75, 3.05) is 24.2 Å². The highest BCUT2D eigenvalue weighted by Gasteiger charge is 2.33. The summed E-state index contributed by atoms with van der Waals surface area (Å²) in [6, 6.07) is 1.30. The smallest absolute Gasteiger partial charge is 0.312 e. The number of urea groups is 1. The van der Waals surface area contributed by atoms with Crippen LogP contribution in [0.1, 0.15) is 78.7 Å². The molecular formula is C36H53N7O12S. The number of nitrogens with zero attached hydrogens (tertiary/aromatic N) is 1. The Morgan fingerprint density at radius 1 is 0.839 bits per heavy atom. The van der Waals surface area contributed by atoms with Crippen LogP contribution < -0.4 is 32.3 Å². The molecule has 1 aromatic carbocycles. The molecule has 0 aliphatic carbocycles. The Bertz CT molecular complexity index is 1720. The fourth-order valence-corrected chi connectivity index (χ4v) is 5.82. The Hall–Kier alpha value is -5.37. The second-order valence-corrected chi connectivity index (χ2v) is 16.1. The Kier molecular flexibility index (Phi) is 18.1. The van der Waals surface area contributed by atoms with E-state index < -0.39 is 86.8 Å². The zero-order chi connectivity index (χ0) is 42.2. The summed E-state index contributed by atoms with van der Waals surface area (Å²) < 4.78 is 38.4. The maximum atomic E-state index is 13.6. The molecule has 2 rings (SSSR count). The van der Waals surface area contributed by atoms with Crippen LogP contribution in [0.15, 0.2) is 36.4 Å². The van der Waals surface area contributed by atoms with Crippen LogP contribution in [-0.2, 0) is 55.0 Å². The molecule has 1 aliphatic rings. The van der Waals surface area contributed by atoms with Gasteiger partial charge < -0.3 is 37.1 Å². The van der Waals surface area contributed by atoms with Crippen LogP contribution >= 0.6 is 0 Å². The summed E-state index contributed by atoms with van der Waals surface area (Å²) in [6.07, 6.45) is 3.46. The summed E-state index contributed by atoms with van der Waals surface area (Å²) in [5.74, 6) is -6.36. The highest BCUT2D eigenvalue weighted by atomic mass is 32.2. The number of primary amides is 1. The molecule has 0 aromatic heterocycles. The van der Waals surface area contributed by atoms with Crippen LogP contribution in [0.3, 0.4) is 0 Å². The number of benzene rings is 1. The third-order valence-corrected chi connectivity index (χ3v) is 9.02. The third-order valence-electron chi connectivity index (χ3n) is 8.27. The fourth-order valence-electron chi connectivity index (χ4n) is 5.16. The lowest BCUT2D eigenvalue weighted by molar-refractivity contribution is -0.154. The molecule has 1 heterocycles. The zero-order valence-electron chi connectivity index (χ0n) is 32.2. The van der Waals surface area contributed by atoms with Gasteiger partial charge in [0.2, 0.25) is 23.6 Å². The van der Waals surface area contributed by atoms with Gasteiger partial charge in [-0.05, 0) is 70.1 Å². The average molecular weight is 808 g/mol. The van der Waals surface area contributed by atoms with Gasteiger partial charge in [-0.2, -0.15) is 8.42 Å². The molecule has 1 aromatic rings. The van der Waals surface area contributed by atoms with Crippen LogP contribution in [0.5, 0.6) is 0 Å². The summed E-state index contributed by atoms with van der Waals surface area (Å²) in [5.41, 5.74) is 5.46. The number of ether oxygens (including phenoxy) is 1. The first kappa shape index (κ1) is 46.8. The molecule has 20 heteroatoms. The number of amides is 8. The van der Waals surface area contributed by atoms with E-state index in [1.165, 1.54) is 0 Å². The lowest BCUT2D eigenvalue weighted by Gasteiger charge is -2.27. The van der Waals surface area contributed by atoms with Crippen molar-refractivity contribution in [1.29, 1.82) is 0 Å². The molecule has 8 amide bonds. The SMILES string of the molecule is CC(C)[C@@H](NC(=O)[C@@H](CS(=O)(=O)O)NC(=O)CCCCCN1C(=O)C=CC1=O)C(=O)N[C@H](CCCNC(N)=O)C(=O)Nc1ccc(COC(=O)C(C)(C)C)cc1. The van der Waals surface area contributed by atoms with Crippen LogP contribution in [0.25, 0.3) is 0 Å². The Morgan fingerprint density at radius 2 is 1.46 bits per heavy atom. The van der Waals surface area contributed by atoms with Crippen molar-refractivity contribution in [3.05, 3.63) is 42.0 Å². The van der Waals surface area contributed by atoms with E-state index in [4.69, 9.17) is 10.5 Å². The number of unbranched alkanes of at least 4 members (excludes halogenated alkanes) is 2. The molecule has 56 heavy (non-hydrogen) atoms. The van der Waals surface area contributed by atoms with E-state index in [0.29, 0.717) is 24.1 Å². The number of hydrogen-bond acceptors (Lipinski definition) is 11. The first-order valence-electron chi connectivity index (χ1n) is 18.1. The summed E-state index contributed by atoms with van der Waals surface area (Å²) in [6.45, 7) is 8.57. The van der Waals surface area contributed by atoms with Gasteiger partial charge in [-0.3, -0.25) is 43.0 Å². The van der Waals surface area contributed by atoms with E-state index in [1.54, 1.807) is 58.9 Å². The van der Waals surface area contributed by atoms with E-state index in [-0.39, 0.29) is 51.3 Å². The molecule has 0 saturated carbocycles. The van der Waals surface area contributed by atoms with Crippen LogP contribution in [-0.4, -0.2) is 102 Å². The monoisotopic (exact) mass is 807 g/mol. The van der Waals surface area contributed by atoms with Crippen molar-refractivity contribution < 1.29 is 56.1 Å². The second-order valence-electron chi connectivity index (χ2n) is 14.6. The Labute approximate surface area is 326 Å². The van der Waals surface area contributed by atoms with Gasteiger partial charge in [-0.25, -0.2) is 4.79 Å². The summed E-state index contributed by atoms with van der Waals surface area (Å²) in [4.78, 5) is 101. The molecule has 0 fully saturated rings. The van der Waals surface area contributed by atoms with Crippen molar-refractivity contribution >= 4 is 63.2 Å². The predicted octanol–water partition coefficient (Wildman–Crippen LogP) is 0.647. The van der Waals surface area contributed by atoms with Gasteiger partial charge >= 0.3 is 12.0 Å². The van der Waals surface area contributed by atoms with E-state index >= 15 is 0 Å². The van der Waals surface area contributed by atoms with Crippen molar-refractivity contribution in [2.45, 2.75) is 97.9 Å². The van der Waals surface area contributed by atoms with Gasteiger partial charge in [0.25, 0.3) is 21.9 Å². The zero-order valence-corrected chi connectivity index (χ0v) is 33.0. The number of hydrogen-bond donors (Lipinski definition) is 7. The van der Waals surface area contributed by atoms with E-state index in [9.17, 15) is 51.3 Å². The molecular weight excluding hydrogens is 754 g/mol. The normalized spacial score (nSPS) is 14.4. The largest absolute Gasteiger partial charge is 0.460 e. The van der Waals surface area contributed by atoms with Crippen LogP contribution in [0, 0.1) is 11.3 Å². The minimum absolute atomic E-state index is 0.0122. The van der Waals surface area contributed by atoms with E-state index in [0.717, 1.165) is 17.1 Å². The van der Waals surface area contributed by atoms with Crippen molar-refractivity contribution in [1.82, 2.24) is 26.2 Å². The first-order chi connectivity index (χ1) is 26.1. The Balaban J connectivity index is 2.09. The molecule has 0 bridgehead atoms. The van der Waals surface area contributed by atoms with Gasteiger partial charge in [0.1, 0.15) is 30.5 Å². The maximum Gasteiger partial charge on any atom is 0.312 e. The quantitative estimate of drug-likeness (QED) is 0.0368. The topological polar surface area (TPSA) is 290 Å². The molecule has 0 saturated heterocycles. The summed E-state index contributed by atoms with van der Waals surface area (Å²) in [7, 11) is -4.80. The van der Waals surface area contributed by atoms with Crippen molar-refractivity contribution in [3.8, 4) is 0 Å². The highest BCUT2D eigenvalue weighted by Crippen LogP contribution is 2.18. The number of nitrogens with two attached hydrogens (primary N) is 1. The molecule has 310 valence electrons. The number of imide groups is 1. The molecule has 1 aliphatic heterocycles. The number of carbonyl (C=O) groups excluding carboxylic acids is 8. The lowest BCUT2D eigenvalue weighted by atomic mass is 9.97. The number of rotatable bonds is 22. The standard InChI is InChI=1S/C36H53N7O12S/c1-22(2)30(42-32(48)26(21-56(52,53)54)40-27(44)11-7-6-8-19-43-28(45)16-17-29(43)46)33(49)41-25(10-9-18-38-35(37)51)31(47)39-24-14-12-23(13-15-24)20-55-34(50)36(3,4)5/h12-17,22,25-26,30H,6-11,18-21H2,1-5H3,(H,39,47)(H,40,44)(H,41,49)(H,42,48)(H3,37,38,51)(H,52,53,54)/t25-,26-,30-/m1/s1. The van der Waals surface area contributed by atoms with Crippen LogP contribution in [0.4, 0.5) is 10.5 Å². The number of anilines is 1. The number of carbonyl (C=O) groups is 8. The van der Waals surface area contributed by atoms with Gasteiger partial charge in [0.05, 0.1) is 5.41 Å². The summed E-state index contributed by atoms with van der Waals surface area (Å²) in [5, 5.41) is 12.4. The maximum absolute atomic E-state index is 13.6. The first-order valence-corrected chi connectivity index (χ1v) is 19.7. The van der Waals surface area contributed by atoms with E-state index in [1.807, 2.05) is 0 Å². The average Bonchev–Trinajstić information content (AvgIpc) is 3.41. The summed E-state index contributed by atoms with van der Waals surface area (Å²) >= 11 is 0. The van der Waals surface area contributed by atoms with Crippen molar-refractivity contribution in [2.24, 2.45) is 17.1 Å². The second kappa shape index (κ2) is 21.6. The molecule has 8 N–H and O–H groups in total. The molecule has 0 radical (unpaired) electrons. The predicted molar refractivity (Wildman–Crippen MR) is 203 cm³/mol. The van der Waals surface area contributed by atoms with Gasteiger partial charge in [-0.15, -0.1) is 0 Å². The Morgan fingerprint density at radius 3 is 2.02 bits per heavy atom. The van der Waals surface area contributed by atoms with Gasteiger partial charge in [-0.1, -0.05) is 32.4 Å². The lowest BCUT2D eigenvalue weighted by Crippen LogP contribution is -2.59. The number of nitrogens with one attached hydrogen (secondary N) is 5. The van der Waals surface area contributed by atoms with Crippen LogP contribution in [0.2, 0.25) is 0 Å². The molecule has 19 nitrogen and oxygen atoms in total. The van der Waals surface area contributed by atoms with Gasteiger partial charge in [0.15, 0.2) is 0 Å². The minimum Gasteiger partial charge on any atom is -0.460 e. The molecule has 0 unspecified atom stereocenters. The highest BCUT2D eigenvalue weighted by molar-refractivity contribution is 7.85. The third kappa shape index (κ3) is 17.0. The number of esters is 1. The van der Waals surface area contributed by atoms with Gasteiger partial charge in [0, 0.05) is 37.3 Å². The molecule has 3 atom stereocenters. The molecule has 0 spiro atoms. The fraction of sp³-hybridized carbons (Fsp3) is 0.556. The van der Waals surface area contributed by atoms with E-state index in [2.05, 4.69) is 26.6 Å². The minimum atomic E-state index is -4.80. The van der Waals surface area contributed by atoms with Crippen molar-refractivity contribution in [3.63, 3.8) is 0 Å².